The standard InChI is InChI=1S/C25H22N4O3S/c1-16-12-19(14-27-21(16)13-26)28-23(30)25(10-3-11-25)29(24(28)33)18-6-4-17(5-7-18)22-9-8-20(32-22)15-31-2/h4-9,12,14H,3,10-11,15H2,1-2H3. The van der Waals surface area contributed by atoms with E-state index in [1.807, 2.05) is 41.3 Å². The van der Waals surface area contributed by atoms with Crippen LogP contribution in [-0.2, 0) is 16.1 Å². The van der Waals surface area contributed by atoms with E-state index >= 15 is 0 Å². The number of amides is 1. The highest BCUT2D eigenvalue weighted by molar-refractivity contribution is 7.81. The molecule has 1 spiro atoms. The number of aromatic nitrogens is 1. The number of carbonyl (C=O) groups excluding carboxylic acids is 1. The lowest BCUT2D eigenvalue weighted by Gasteiger charge is -2.43. The Morgan fingerprint density at radius 1 is 1.21 bits per heavy atom. The van der Waals surface area contributed by atoms with E-state index in [0.29, 0.717) is 28.7 Å². The van der Waals surface area contributed by atoms with Crippen molar-refractivity contribution in [3.05, 3.63) is 65.7 Å². The Hall–Kier alpha value is -3.54. The minimum absolute atomic E-state index is 0.0380. The van der Waals surface area contributed by atoms with Crippen LogP contribution in [-0.4, -0.2) is 28.7 Å². The molecule has 0 bridgehead atoms. The van der Waals surface area contributed by atoms with Gasteiger partial charge in [0.15, 0.2) is 5.11 Å². The maximum atomic E-state index is 13.6. The predicted octanol–water partition coefficient (Wildman–Crippen LogP) is 4.73. The number of aryl methyl sites for hydroxylation is 1. The predicted molar refractivity (Wildman–Crippen MR) is 128 cm³/mol. The Labute approximate surface area is 197 Å². The number of pyridine rings is 1. The summed E-state index contributed by atoms with van der Waals surface area (Å²) >= 11 is 5.82. The monoisotopic (exact) mass is 458 g/mol. The van der Waals surface area contributed by atoms with Gasteiger partial charge in [0.25, 0.3) is 5.91 Å². The molecular weight excluding hydrogens is 436 g/mol. The molecular formula is C25H22N4O3S. The van der Waals surface area contributed by atoms with Gasteiger partial charge in [-0.2, -0.15) is 5.26 Å². The third-order valence-electron chi connectivity index (χ3n) is 6.38. The number of rotatable bonds is 5. The lowest BCUT2D eigenvalue weighted by Crippen LogP contribution is -2.55. The lowest BCUT2D eigenvalue weighted by atomic mass is 9.75. The molecule has 1 saturated carbocycles. The summed E-state index contributed by atoms with van der Waals surface area (Å²) in [5.41, 5.74) is 2.77. The smallest absolute Gasteiger partial charge is 0.259 e. The molecule has 8 heteroatoms. The second-order valence-corrected chi connectivity index (χ2v) is 8.73. The van der Waals surface area contributed by atoms with Gasteiger partial charge in [0.2, 0.25) is 0 Å². The zero-order valence-electron chi connectivity index (χ0n) is 18.4. The number of furan rings is 1. The van der Waals surface area contributed by atoms with Crippen molar-refractivity contribution >= 4 is 34.6 Å². The molecule has 166 valence electrons. The average molecular weight is 459 g/mol. The van der Waals surface area contributed by atoms with Gasteiger partial charge in [0.05, 0.1) is 11.9 Å². The van der Waals surface area contributed by atoms with E-state index < -0.39 is 5.54 Å². The zero-order chi connectivity index (χ0) is 23.2. The molecule has 1 saturated heterocycles. The highest BCUT2D eigenvalue weighted by Gasteiger charge is 2.59. The maximum absolute atomic E-state index is 13.6. The summed E-state index contributed by atoms with van der Waals surface area (Å²) in [6, 6.07) is 15.6. The molecule has 2 aliphatic rings. The van der Waals surface area contributed by atoms with Crippen molar-refractivity contribution in [2.45, 2.75) is 38.3 Å². The van der Waals surface area contributed by atoms with Gasteiger partial charge in [0.1, 0.15) is 35.4 Å². The number of hydrogen-bond donors (Lipinski definition) is 0. The van der Waals surface area contributed by atoms with E-state index in [1.165, 1.54) is 0 Å². The zero-order valence-corrected chi connectivity index (χ0v) is 19.2. The molecule has 0 atom stereocenters. The van der Waals surface area contributed by atoms with E-state index in [2.05, 4.69) is 11.1 Å². The molecule has 2 fully saturated rings. The van der Waals surface area contributed by atoms with Crippen LogP contribution in [0.15, 0.2) is 53.1 Å². The number of anilines is 2. The number of nitrogens with zero attached hydrogens (tertiary/aromatic N) is 4. The van der Waals surface area contributed by atoms with Crippen LogP contribution in [0.1, 0.15) is 36.3 Å². The van der Waals surface area contributed by atoms with Crippen molar-refractivity contribution in [1.82, 2.24) is 4.98 Å². The van der Waals surface area contributed by atoms with Crippen LogP contribution in [0.25, 0.3) is 11.3 Å². The normalized spacial score (nSPS) is 16.9. The first-order valence-corrected chi connectivity index (χ1v) is 11.1. The molecule has 0 unspecified atom stereocenters. The van der Waals surface area contributed by atoms with E-state index in [4.69, 9.17) is 21.4 Å². The SMILES string of the molecule is COCc1ccc(-c2ccc(N3C(=S)N(c4cnc(C#N)c(C)c4)C(=O)C34CCC4)cc2)o1. The fourth-order valence-electron chi connectivity index (χ4n) is 4.54. The van der Waals surface area contributed by atoms with Gasteiger partial charge in [-0.25, -0.2) is 4.98 Å². The summed E-state index contributed by atoms with van der Waals surface area (Å²) in [5, 5.41) is 9.62. The molecule has 0 N–H and O–H groups in total. The van der Waals surface area contributed by atoms with E-state index in [0.717, 1.165) is 42.0 Å². The Balaban J connectivity index is 1.48. The molecule has 5 rings (SSSR count). The van der Waals surface area contributed by atoms with Gasteiger partial charge in [-0.3, -0.25) is 9.69 Å². The third-order valence-corrected chi connectivity index (χ3v) is 6.74. The highest BCUT2D eigenvalue weighted by Crippen LogP contribution is 2.48. The van der Waals surface area contributed by atoms with Crippen LogP contribution in [0.2, 0.25) is 0 Å². The molecule has 1 aliphatic heterocycles. The van der Waals surface area contributed by atoms with Crippen LogP contribution >= 0.6 is 12.2 Å². The summed E-state index contributed by atoms with van der Waals surface area (Å²) in [6.07, 6.45) is 4.00. The van der Waals surface area contributed by atoms with Crippen LogP contribution < -0.4 is 9.80 Å². The second kappa shape index (κ2) is 8.10. The Kier molecular flexibility index (Phi) is 5.23. The number of nitriles is 1. The van der Waals surface area contributed by atoms with Crippen molar-refractivity contribution < 1.29 is 13.9 Å². The summed E-state index contributed by atoms with van der Waals surface area (Å²) in [7, 11) is 1.63. The number of carbonyl (C=O) groups is 1. The molecule has 33 heavy (non-hydrogen) atoms. The maximum Gasteiger partial charge on any atom is 0.259 e. The summed E-state index contributed by atoms with van der Waals surface area (Å²) in [5.74, 6) is 1.48. The number of benzene rings is 1. The second-order valence-electron chi connectivity index (χ2n) is 8.36. The fourth-order valence-corrected chi connectivity index (χ4v) is 5.00. The first kappa shape index (κ1) is 21.3. The van der Waals surface area contributed by atoms with Gasteiger partial charge >= 0.3 is 0 Å². The number of thiocarbonyl (C=S) groups is 1. The largest absolute Gasteiger partial charge is 0.459 e. The topological polar surface area (TPSA) is 82.6 Å². The van der Waals surface area contributed by atoms with Crippen LogP contribution in [0, 0.1) is 18.3 Å². The molecule has 2 aromatic heterocycles. The van der Waals surface area contributed by atoms with Crippen molar-refractivity contribution in [2.24, 2.45) is 0 Å². The van der Waals surface area contributed by atoms with Gasteiger partial charge in [-0.1, -0.05) is 0 Å². The average Bonchev–Trinajstić information content (AvgIpc) is 3.34. The van der Waals surface area contributed by atoms with E-state index in [-0.39, 0.29) is 5.91 Å². The van der Waals surface area contributed by atoms with Gasteiger partial charge in [-0.05, 0) is 86.4 Å². The fraction of sp³-hybridized carbons (Fsp3) is 0.280. The van der Waals surface area contributed by atoms with Crippen molar-refractivity contribution in [2.75, 3.05) is 16.9 Å². The molecule has 1 aliphatic carbocycles. The molecule has 3 aromatic rings. The minimum Gasteiger partial charge on any atom is -0.459 e. The molecule has 0 radical (unpaired) electrons. The Morgan fingerprint density at radius 3 is 2.58 bits per heavy atom. The summed E-state index contributed by atoms with van der Waals surface area (Å²) in [4.78, 5) is 21.3. The van der Waals surface area contributed by atoms with Crippen LogP contribution in [0.5, 0.6) is 0 Å². The summed E-state index contributed by atoms with van der Waals surface area (Å²) in [6.45, 7) is 2.23. The minimum atomic E-state index is -0.670. The van der Waals surface area contributed by atoms with Gasteiger partial charge in [-0.15, -0.1) is 0 Å². The lowest BCUT2D eigenvalue weighted by molar-refractivity contribution is -0.123. The first-order chi connectivity index (χ1) is 16.0. The molecule has 1 amide bonds. The van der Waals surface area contributed by atoms with Crippen molar-refractivity contribution in [3.63, 3.8) is 0 Å². The van der Waals surface area contributed by atoms with Gasteiger partial charge in [0, 0.05) is 18.4 Å². The summed E-state index contributed by atoms with van der Waals surface area (Å²) < 4.78 is 11.0. The molecule has 1 aromatic carbocycles. The number of methoxy groups -OCH3 is 1. The Morgan fingerprint density at radius 2 is 1.97 bits per heavy atom. The molecule has 3 heterocycles. The van der Waals surface area contributed by atoms with E-state index in [9.17, 15) is 10.1 Å². The number of hydrogen-bond acceptors (Lipinski definition) is 6. The van der Waals surface area contributed by atoms with E-state index in [1.54, 1.807) is 31.2 Å². The highest BCUT2D eigenvalue weighted by atomic mass is 32.1. The third kappa shape index (κ3) is 3.32. The quantitative estimate of drug-likeness (QED) is 0.511. The molecule has 7 nitrogen and oxygen atoms in total. The van der Waals surface area contributed by atoms with Crippen LogP contribution in [0.3, 0.4) is 0 Å². The Bertz CT molecular complexity index is 1290. The van der Waals surface area contributed by atoms with Crippen molar-refractivity contribution in [3.8, 4) is 17.4 Å². The van der Waals surface area contributed by atoms with Gasteiger partial charge < -0.3 is 14.1 Å². The number of ether oxygens (including phenoxy) is 1. The van der Waals surface area contributed by atoms with Crippen molar-refractivity contribution in [1.29, 1.82) is 5.26 Å². The van der Waals surface area contributed by atoms with Crippen LogP contribution in [0.4, 0.5) is 11.4 Å². The first-order valence-electron chi connectivity index (χ1n) is 10.7.